The molecule has 0 radical (unpaired) electrons. The second-order valence-electron chi connectivity index (χ2n) is 7.69. The van der Waals surface area contributed by atoms with Crippen molar-refractivity contribution in [3.63, 3.8) is 0 Å². The van der Waals surface area contributed by atoms with Crippen LogP contribution in [-0.4, -0.2) is 29.3 Å². The summed E-state index contributed by atoms with van der Waals surface area (Å²) in [5, 5.41) is 3.53. The van der Waals surface area contributed by atoms with Crippen LogP contribution < -0.4 is 5.32 Å². The van der Waals surface area contributed by atoms with Gasteiger partial charge in [-0.3, -0.25) is 14.6 Å². The number of esters is 1. The monoisotopic (exact) mass is 438 g/mol. The van der Waals surface area contributed by atoms with Gasteiger partial charge in [0.2, 0.25) is 0 Å². The molecular weight excluding hydrogens is 416 g/mol. The number of carbonyl (C=O) groups excluding carboxylic acids is 3. The fourth-order valence-electron chi connectivity index (χ4n) is 3.59. The number of carbonyl (C=O) groups is 3. The van der Waals surface area contributed by atoms with Crippen molar-refractivity contribution in [1.82, 2.24) is 4.98 Å². The van der Waals surface area contributed by atoms with Crippen molar-refractivity contribution >= 4 is 34.3 Å². The number of hydrogen-bond acceptors (Lipinski definition) is 5. The summed E-state index contributed by atoms with van der Waals surface area (Å²) < 4.78 is 5.24. The summed E-state index contributed by atoms with van der Waals surface area (Å²) in [6, 6.07) is 21.1. The van der Waals surface area contributed by atoms with Crippen molar-refractivity contribution in [2.45, 2.75) is 13.8 Å². The second kappa shape index (κ2) is 9.44. The van der Waals surface area contributed by atoms with Crippen LogP contribution in [0.15, 0.2) is 79.0 Å². The molecule has 1 aromatic heterocycles. The van der Waals surface area contributed by atoms with E-state index >= 15 is 0 Å². The summed E-state index contributed by atoms with van der Waals surface area (Å²) >= 11 is 0. The SMILES string of the molecule is Cc1ccc(C)c(C(=O)c2ccccc2C(=O)OCC(=O)Nc2cccc3ncccc23)c1. The number of benzene rings is 3. The molecule has 0 saturated heterocycles. The highest BCUT2D eigenvalue weighted by atomic mass is 16.5. The number of rotatable bonds is 6. The summed E-state index contributed by atoms with van der Waals surface area (Å²) in [6.45, 7) is 3.27. The van der Waals surface area contributed by atoms with Crippen LogP contribution in [0.1, 0.15) is 37.4 Å². The molecule has 0 aliphatic rings. The molecule has 0 atom stereocenters. The quantitative estimate of drug-likeness (QED) is 0.343. The van der Waals surface area contributed by atoms with Gasteiger partial charge < -0.3 is 10.1 Å². The molecule has 1 N–H and O–H groups in total. The minimum Gasteiger partial charge on any atom is -0.452 e. The largest absolute Gasteiger partial charge is 0.452 e. The number of aryl methyl sites for hydroxylation is 2. The first kappa shape index (κ1) is 21.9. The molecule has 6 nitrogen and oxygen atoms in total. The van der Waals surface area contributed by atoms with E-state index in [0.29, 0.717) is 11.3 Å². The minimum absolute atomic E-state index is 0.116. The summed E-state index contributed by atoms with van der Waals surface area (Å²) in [5.41, 5.74) is 3.96. The van der Waals surface area contributed by atoms with Gasteiger partial charge in [-0.05, 0) is 55.8 Å². The fraction of sp³-hybridized carbons (Fsp3) is 0.111. The molecule has 3 aromatic carbocycles. The third-order valence-corrected chi connectivity index (χ3v) is 5.28. The number of nitrogens with zero attached hydrogens (tertiary/aromatic N) is 1. The van der Waals surface area contributed by atoms with Gasteiger partial charge in [0.15, 0.2) is 12.4 Å². The van der Waals surface area contributed by atoms with Crippen LogP contribution in [0.4, 0.5) is 5.69 Å². The molecule has 0 spiro atoms. The molecule has 4 rings (SSSR count). The number of pyridine rings is 1. The number of amides is 1. The Balaban J connectivity index is 1.49. The van der Waals surface area contributed by atoms with E-state index in [-0.39, 0.29) is 16.9 Å². The van der Waals surface area contributed by atoms with Gasteiger partial charge in [0.05, 0.1) is 16.8 Å². The predicted molar refractivity (Wildman–Crippen MR) is 126 cm³/mol. The van der Waals surface area contributed by atoms with E-state index in [2.05, 4.69) is 10.3 Å². The summed E-state index contributed by atoms with van der Waals surface area (Å²) in [6.07, 6.45) is 1.67. The molecule has 6 heteroatoms. The fourth-order valence-corrected chi connectivity index (χ4v) is 3.59. The van der Waals surface area contributed by atoms with Crippen LogP contribution in [0.5, 0.6) is 0 Å². The van der Waals surface area contributed by atoms with Crippen LogP contribution in [0.3, 0.4) is 0 Å². The highest BCUT2D eigenvalue weighted by Gasteiger charge is 2.21. The van der Waals surface area contributed by atoms with Crippen LogP contribution in [0.2, 0.25) is 0 Å². The number of aromatic nitrogens is 1. The van der Waals surface area contributed by atoms with E-state index in [0.717, 1.165) is 22.0 Å². The Kier molecular flexibility index (Phi) is 6.26. The van der Waals surface area contributed by atoms with E-state index in [1.165, 1.54) is 6.07 Å². The average molecular weight is 438 g/mol. The predicted octanol–water partition coefficient (Wildman–Crippen LogP) is 4.88. The lowest BCUT2D eigenvalue weighted by Gasteiger charge is -2.12. The maximum Gasteiger partial charge on any atom is 0.339 e. The van der Waals surface area contributed by atoms with Crippen molar-refractivity contribution in [1.29, 1.82) is 0 Å². The maximum atomic E-state index is 13.2. The zero-order valence-electron chi connectivity index (χ0n) is 18.3. The minimum atomic E-state index is -0.737. The van der Waals surface area contributed by atoms with E-state index in [1.807, 2.05) is 38.1 Å². The molecule has 1 amide bonds. The first-order valence-electron chi connectivity index (χ1n) is 10.5. The van der Waals surface area contributed by atoms with Crippen molar-refractivity contribution in [3.8, 4) is 0 Å². The number of ether oxygens (including phenoxy) is 1. The summed E-state index contributed by atoms with van der Waals surface area (Å²) in [4.78, 5) is 42.6. The van der Waals surface area contributed by atoms with Gasteiger partial charge in [-0.25, -0.2) is 4.79 Å². The van der Waals surface area contributed by atoms with Crippen LogP contribution in [0.25, 0.3) is 10.9 Å². The van der Waals surface area contributed by atoms with Crippen molar-refractivity contribution in [2.24, 2.45) is 0 Å². The molecule has 1 heterocycles. The van der Waals surface area contributed by atoms with Gasteiger partial charge >= 0.3 is 5.97 Å². The average Bonchev–Trinajstić information content (AvgIpc) is 2.84. The maximum absolute atomic E-state index is 13.2. The Labute approximate surface area is 191 Å². The second-order valence-corrected chi connectivity index (χ2v) is 7.69. The highest BCUT2D eigenvalue weighted by molar-refractivity contribution is 6.15. The van der Waals surface area contributed by atoms with Crippen LogP contribution in [0, 0.1) is 13.8 Å². The standard InChI is InChI=1S/C27H22N2O4/c1-17-12-13-18(2)22(15-17)26(31)19-7-3-4-8-20(19)27(32)33-16-25(30)29-24-11-5-10-23-21(24)9-6-14-28-23/h3-15H,16H2,1-2H3,(H,29,30). The highest BCUT2D eigenvalue weighted by Crippen LogP contribution is 2.22. The van der Waals surface area contributed by atoms with E-state index in [9.17, 15) is 14.4 Å². The number of anilines is 1. The topological polar surface area (TPSA) is 85.4 Å². The van der Waals surface area contributed by atoms with Gasteiger partial charge in [-0.2, -0.15) is 0 Å². The summed E-state index contributed by atoms with van der Waals surface area (Å²) in [5.74, 6) is -1.49. The zero-order valence-corrected chi connectivity index (χ0v) is 18.3. The molecule has 0 aliphatic heterocycles. The van der Waals surface area contributed by atoms with Crippen LogP contribution in [-0.2, 0) is 9.53 Å². The van der Waals surface area contributed by atoms with E-state index in [4.69, 9.17) is 4.74 Å². The molecular formula is C27H22N2O4. The number of fused-ring (bicyclic) bond motifs is 1. The normalized spacial score (nSPS) is 10.6. The molecule has 33 heavy (non-hydrogen) atoms. The third kappa shape index (κ3) is 4.80. The van der Waals surface area contributed by atoms with Crippen molar-refractivity contribution in [2.75, 3.05) is 11.9 Å². The number of hydrogen-bond donors (Lipinski definition) is 1. The Bertz CT molecular complexity index is 1370. The zero-order chi connectivity index (χ0) is 23.4. The lowest BCUT2D eigenvalue weighted by molar-refractivity contribution is -0.119. The van der Waals surface area contributed by atoms with E-state index in [1.54, 1.807) is 48.7 Å². The lowest BCUT2D eigenvalue weighted by atomic mass is 9.94. The van der Waals surface area contributed by atoms with Gasteiger partial charge in [0.1, 0.15) is 0 Å². The van der Waals surface area contributed by atoms with Crippen molar-refractivity contribution in [3.05, 3.63) is 107 Å². The van der Waals surface area contributed by atoms with E-state index < -0.39 is 18.5 Å². The molecule has 0 bridgehead atoms. The lowest BCUT2D eigenvalue weighted by Crippen LogP contribution is -2.22. The smallest absolute Gasteiger partial charge is 0.339 e. The first-order valence-corrected chi connectivity index (χ1v) is 10.5. The molecule has 0 unspecified atom stereocenters. The molecule has 0 aliphatic carbocycles. The molecule has 4 aromatic rings. The van der Waals surface area contributed by atoms with Crippen molar-refractivity contribution < 1.29 is 19.1 Å². The Morgan fingerprint density at radius 2 is 1.64 bits per heavy atom. The third-order valence-electron chi connectivity index (χ3n) is 5.28. The van der Waals surface area contributed by atoms with Gasteiger partial charge in [-0.1, -0.05) is 42.0 Å². The van der Waals surface area contributed by atoms with Gasteiger partial charge in [0.25, 0.3) is 5.91 Å². The first-order chi connectivity index (χ1) is 15.9. The molecule has 0 fully saturated rings. The summed E-state index contributed by atoms with van der Waals surface area (Å²) in [7, 11) is 0. The molecule has 0 saturated carbocycles. The van der Waals surface area contributed by atoms with Gasteiger partial charge in [-0.15, -0.1) is 0 Å². The number of ketones is 1. The van der Waals surface area contributed by atoms with Gasteiger partial charge in [0, 0.05) is 22.7 Å². The Morgan fingerprint density at radius 3 is 2.45 bits per heavy atom. The van der Waals surface area contributed by atoms with Crippen LogP contribution >= 0.6 is 0 Å². The molecule has 164 valence electrons. The Hall–Kier alpha value is -4.32. The number of nitrogens with one attached hydrogen (secondary N) is 1. The Morgan fingerprint density at radius 1 is 0.848 bits per heavy atom.